The average Bonchev–Trinajstić information content (AvgIpc) is 3.13. The molecule has 0 radical (unpaired) electrons. The van der Waals surface area contributed by atoms with Gasteiger partial charge < -0.3 is 31.8 Å². The van der Waals surface area contributed by atoms with E-state index in [1.807, 2.05) is 0 Å². The van der Waals surface area contributed by atoms with Crippen LogP contribution in [0.4, 0.5) is 11.4 Å². The molecule has 0 aliphatic rings. The molecule has 0 aliphatic carbocycles. The minimum absolute atomic E-state index is 0.150. The summed E-state index contributed by atoms with van der Waals surface area (Å²) in [7, 11) is 0. The molecular formula is C18H18Cl2N4O6. The Morgan fingerprint density at radius 3 is 1.90 bits per heavy atom. The number of carboxylic acid groups (broad SMARTS) is 3. The summed E-state index contributed by atoms with van der Waals surface area (Å²) < 4.78 is 0. The van der Waals surface area contributed by atoms with Gasteiger partial charge in [0.1, 0.15) is 11.7 Å². The monoisotopic (exact) mass is 456 g/mol. The molecule has 0 atom stereocenters. The molecule has 0 saturated carbocycles. The highest BCUT2D eigenvalue weighted by Gasteiger charge is 2.06. The number of aliphatic carboxylic acids is 1. The van der Waals surface area contributed by atoms with Gasteiger partial charge in [0, 0.05) is 0 Å². The second kappa shape index (κ2) is 11.5. The van der Waals surface area contributed by atoms with E-state index in [1.54, 1.807) is 12.1 Å². The number of hydrogen-bond acceptors (Lipinski definition) is 6. The van der Waals surface area contributed by atoms with Crippen molar-refractivity contribution in [1.82, 2.24) is 9.97 Å². The number of nitrogens with zero attached hydrogens (tertiary/aromatic N) is 1. The van der Waals surface area contributed by atoms with E-state index in [0.717, 1.165) is 5.52 Å². The number of nitrogens with two attached hydrogens (primary N) is 2. The summed E-state index contributed by atoms with van der Waals surface area (Å²) in [5.74, 6) is -2.31. The number of aromatic carboxylic acids is 2. The van der Waals surface area contributed by atoms with Crippen LogP contribution in [0.1, 0.15) is 26.5 Å². The van der Waals surface area contributed by atoms with Crippen LogP contribution < -0.4 is 11.5 Å². The molecule has 3 aromatic rings. The zero-order valence-electron chi connectivity index (χ0n) is 15.3. The molecule has 8 N–H and O–H groups in total. The van der Waals surface area contributed by atoms with E-state index in [0.29, 0.717) is 22.7 Å². The highest BCUT2D eigenvalue weighted by atomic mass is 35.5. The van der Waals surface area contributed by atoms with Gasteiger partial charge in [-0.1, -0.05) is 0 Å². The molecule has 1 heterocycles. The normalized spacial score (nSPS) is 9.67. The number of nitrogen functional groups attached to an aromatic ring is 2. The van der Waals surface area contributed by atoms with Crippen molar-refractivity contribution < 1.29 is 29.7 Å². The molecule has 1 aromatic heterocycles. The highest BCUT2D eigenvalue weighted by Crippen LogP contribution is 2.16. The Hall–Kier alpha value is -3.50. The average molecular weight is 457 g/mol. The summed E-state index contributed by atoms with van der Waals surface area (Å²) in [4.78, 5) is 37.4. The summed E-state index contributed by atoms with van der Waals surface area (Å²) in [5, 5.41) is 24.8. The number of alkyl halides is 2. The summed E-state index contributed by atoms with van der Waals surface area (Å²) in [5.41, 5.74) is 13.2. The van der Waals surface area contributed by atoms with Crippen molar-refractivity contribution >= 4 is 63.5 Å². The number of rotatable bonds is 4. The van der Waals surface area contributed by atoms with E-state index >= 15 is 0 Å². The number of benzene rings is 2. The number of carbonyl (C=O) groups is 3. The van der Waals surface area contributed by atoms with E-state index in [2.05, 4.69) is 9.97 Å². The van der Waals surface area contributed by atoms with Crippen molar-refractivity contribution in [2.75, 3.05) is 17.3 Å². The molecule has 10 nitrogen and oxygen atoms in total. The third-order valence-corrected chi connectivity index (χ3v) is 3.83. The fourth-order valence-electron chi connectivity index (χ4n) is 1.97. The molecule has 0 fully saturated rings. The Bertz CT molecular complexity index is 1050. The molecule has 0 bridgehead atoms. The Kier molecular flexibility index (Phi) is 9.40. The first kappa shape index (κ1) is 24.5. The van der Waals surface area contributed by atoms with Crippen LogP contribution in [0.25, 0.3) is 11.0 Å². The van der Waals surface area contributed by atoms with Crippen LogP contribution in [-0.2, 0) is 10.7 Å². The van der Waals surface area contributed by atoms with Crippen molar-refractivity contribution in [2.24, 2.45) is 0 Å². The molecule has 3 rings (SSSR count). The molecular weight excluding hydrogens is 439 g/mol. The summed E-state index contributed by atoms with van der Waals surface area (Å²) in [6.45, 7) is 0. The van der Waals surface area contributed by atoms with E-state index in [4.69, 9.17) is 50.0 Å². The van der Waals surface area contributed by atoms with Crippen LogP contribution in [0.2, 0.25) is 0 Å². The Balaban J connectivity index is 0.000000251. The van der Waals surface area contributed by atoms with Gasteiger partial charge in [-0.25, -0.2) is 14.6 Å². The zero-order chi connectivity index (χ0) is 22.8. The smallest absolute Gasteiger partial charge is 0.335 e. The lowest BCUT2D eigenvalue weighted by Gasteiger charge is -1.99. The fourth-order valence-corrected chi connectivity index (χ4v) is 2.09. The van der Waals surface area contributed by atoms with Crippen molar-refractivity contribution in [3.05, 3.63) is 53.3 Å². The van der Waals surface area contributed by atoms with E-state index in [1.165, 1.54) is 24.3 Å². The van der Waals surface area contributed by atoms with Crippen LogP contribution in [0, 0.1) is 0 Å². The first-order chi connectivity index (χ1) is 14.1. The summed E-state index contributed by atoms with van der Waals surface area (Å²) >= 11 is 10.3. The van der Waals surface area contributed by atoms with Crippen LogP contribution in [0.15, 0.2) is 36.4 Å². The second-order valence-electron chi connectivity index (χ2n) is 5.53. The quantitative estimate of drug-likeness (QED) is 0.252. The van der Waals surface area contributed by atoms with E-state index < -0.39 is 17.9 Å². The lowest BCUT2D eigenvalue weighted by Crippen LogP contribution is -2.00. The molecule has 30 heavy (non-hydrogen) atoms. The number of halogens is 2. The maximum atomic E-state index is 10.7. The van der Waals surface area contributed by atoms with Gasteiger partial charge in [-0.2, -0.15) is 0 Å². The molecule has 12 heteroatoms. The van der Waals surface area contributed by atoms with Crippen molar-refractivity contribution in [3.63, 3.8) is 0 Å². The van der Waals surface area contributed by atoms with Crippen molar-refractivity contribution in [2.45, 2.75) is 5.88 Å². The third-order valence-electron chi connectivity index (χ3n) is 3.35. The van der Waals surface area contributed by atoms with Crippen LogP contribution in [-0.4, -0.2) is 49.1 Å². The topological polar surface area (TPSA) is 193 Å². The highest BCUT2D eigenvalue weighted by molar-refractivity contribution is 6.26. The SMILES string of the molecule is Nc1ccc(C(=O)O)cc1N.O=C(O)CCl.O=C(O)c1ccc2nc(CCl)[nH]c2c1. The lowest BCUT2D eigenvalue weighted by atomic mass is 10.2. The molecule has 160 valence electrons. The number of imidazole rings is 1. The number of aromatic amines is 1. The van der Waals surface area contributed by atoms with Gasteiger partial charge in [-0.15, -0.1) is 23.2 Å². The number of anilines is 2. The van der Waals surface area contributed by atoms with Crippen LogP contribution >= 0.6 is 23.2 Å². The Morgan fingerprint density at radius 1 is 0.900 bits per heavy atom. The summed E-state index contributed by atoms with van der Waals surface area (Å²) in [6, 6.07) is 8.93. The van der Waals surface area contributed by atoms with Gasteiger partial charge >= 0.3 is 17.9 Å². The fraction of sp³-hybridized carbons (Fsp3) is 0.111. The number of fused-ring (bicyclic) bond motifs is 1. The van der Waals surface area contributed by atoms with Gasteiger partial charge in [0.25, 0.3) is 0 Å². The summed E-state index contributed by atoms with van der Waals surface area (Å²) in [6.07, 6.45) is 0. The second-order valence-corrected chi connectivity index (χ2v) is 6.06. The molecule has 2 aromatic carbocycles. The number of H-pyrrole nitrogens is 1. The largest absolute Gasteiger partial charge is 0.480 e. The number of nitrogens with one attached hydrogen (secondary N) is 1. The van der Waals surface area contributed by atoms with Gasteiger partial charge in [0.15, 0.2) is 0 Å². The molecule has 0 aliphatic heterocycles. The molecule has 0 unspecified atom stereocenters. The molecule has 0 spiro atoms. The first-order valence-electron chi connectivity index (χ1n) is 8.03. The van der Waals surface area contributed by atoms with E-state index in [9.17, 15) is 14.4 Å². The minimum Gasteiger partial charge on any atom is -0.480 e. The number of hydrogen-bond donors (Lipinski definition) is 6. The third kappa shape index (κ3) is 7.49. The maximum absolute atomic E-state index is 10.7. The maximum Gasteiger partial charge on any atom is 0.335 e. The van der Waals surface area contributed by atoms with Crippen LogP contribution in [0.5, 0.6) is 0 Å². The van der Waals surface area contributed by atoms with Gasteiger partial charge in [-0.05, 0) is 36.4 Å². The first-order valence-corrected chi connectivity index (χ1v) is 9.09. The predicted molar refractivity (Wildman–Crippen MR) is 113 cm³/mol. The van der Waals surface area contributed by atoms with Crippen molar-refractivity contribution in [3.8, 4) is 0 Å². The Morgan fingerprint density at radius 2 is 1.43 bits per heavy atom. The predicted octanol–water partition coefficient (Wildman–Crippen LogP) is 2.86. The minimum atomic E-state index is -1.00. The standard InChI is InChI=1S/C9H7ClN2O2.C7H8N2O2.C2H3ClO2/c10-4-8-11-6-2-1-5(9(13)14)3-7(6)12-8;8-5-2-1-4(7(10)11)3-6(5)9;3-1-2(4)5/h1-3H,4H2,(H,11,12)(H,13,14);1-3H,8-9H2,(H,10,11);1H2,(H,4,5). The Labute approximate surface area is 180 Å². The van der Waals surface area contributed by atoms with Crippen LogP contribution in [0.3, 0.4) is 0 Å². The lowest BCUT2D eigenvalue weighted by molar-refractivity contribution is -0.134. The molecule has 0 amide bonds. The molecule has 0 saturated heterocycles. The van der Waals surface area contributed by atoms with Gasteiger partial charge in [-0.3, -0.25) is 4.79 Å². The van der Waals surface area contributed by atoms with Crippen molar-refractivity contribution in [1.29, 1.82) is 0 Å². The number of carboxylic acids is 3. The zero-order valence-corrected chi connectivity index (χ0v) is 16.8. The van der Waals surface area contributed by atoms with Gasteiger partial charge in [0.2, 0.25) is 0 Å². The van der Waals surface area contributed by atoms with Gasteiger partial charge in [0.05, 0.1) is 39.4 Å². The van der Waals surface area contributed by atoms with E-state index in [-0.39, 0.29) is 22.9 Å². The number of aromatic nitrogens is 2.